The fraction of sp³-hybridized carbons (Fsp3) is 0.0667. The van der Waals surface area contributed by atoms with E-state index in [1.165, 1.54) is 30.3 Å². The normalized spacial score (nSPS) is 10.2. The molecule has 2 N–H and O–H groups in total. The van der Waals surface area contributed by atoms with E-state index in [4.69, 9.17) is 16.7 Å². The van der Waals surface area contributed by atoms with E-state index in [-0.39, 0.29) is 21.8 Å². The van der Waals surface area contributed by atoms with Gasteiger partial charge < -0.3 is 10.4 Å². The van der Waals surface area contributed by atoms with E-state index in [2.05, 4.69) is 5.32 Å². The summed E-state index contributed by atoms with van der Waals surface area (Å²) in [6.07, 6.45) is 0. The molecule has 6 heteroatoms. The number of nitrogens with one attached hydrogen (secondary N) is 1. The minimum absolute atomic E-state index is 0.0576. The Balaban J connectivity index is 2.29. The highest BCUT2D eigenvalue weighted by Gasteiger charge is 2.14. The van der Waals surface area contributed by atoms with Gasteiger partial charge >= 0.3 is 5.97 Å². The number of aryl methyl sites for hydroxylation is 1. The van der Waals surface area contributed by atoms with Crippen LogP contribution in [-0.4, -0.2) is 17.0 Å². The lowest BCUT2D eigenvalue weighted by molar-refractivity contribution is 0.0696. The van der Waals surface area contributed by atoms with Gasteiger partial charge in [0, 0.05) is 5.69 Å². The first-order valence-electron chi connectivity index (χ1n) is 5.99. The quantitative estimate of drug-likeness (QED) is 0.907. The lowest BCUT2D eigenvalue weighted by Crippen LogP contribution is -2.14. The Morgan fingerprint density at radius 1 is 1.14 bits per heavy atom. The standard InChI is InChI=1S/C15H11ClFNO3/c1-8-2-5-13(17)11(6-8)14(19)18-9-3-4-12(16)10(7-9)15(20)21/h2-7H,1H3,(H,18,19)(H,20,21). The summed E-state index contributed by atoms with van der Waals surface area (Å²) in [6.45, 7) is 1.74. The second-order valence-electron chi connectivity index (χ2n) is 4.44. The van der Waals surface area contributed by atoms with Gasteiger partial charge in [0.05, 0.1) is 16.1 Å². The Hall–Kier alpha value is -2.40. The molecule has 4 nitrogen and oxygen atoms in total. The van der Waals surface area contributed by atoms with Gasteiger partial charge in [0.25, 0.3) is 5.91 Å². The molecule has 0 atom stereocenters. The minimum Gasteiger partial charge on any atom is -0.478 e. The van der Waals surface area contributed by atoms with Crippen LogP contribution in [0.25, 0.3) is 0 Å². The summed E-state index contributed by atoms with van der Waals surface area (Å²) in [5, 5.41) is 11.5. The van der Waals surface area contributed by atoms with Crippen LogP contribution >= 0.6 is 11.6 Å². The molecule has 0 saturated heterocycles. The Morgan fingerprint density at radius 2 is 1.86 bits per heavy atom. The molecule has 0 bridgehead atoms. The molecule has 1 amide bonds. The molecule has 0 fully saturated rings. The second kappa shape index (κ2) is 5.93. The lowest BCUT2D eigenvalue weighted by Gasteiger charge is -2.08. The van der Waals surface area contributed by atoms with Gasteiger partial charge in [-0.1, -0.05) is 23.2 Å². The summed E-state index contributed by atoms with van der Waals surface area (Å²) in [5.74, 6) is -2.52. The number of amides is 1. The number of carboxylic acids is 1. The lowest BCUT2D eigenvalue weighted by atomic mass is 10.1. The molecule has 0 unspecified atom stereocenters. The number of hydrogen-bond acceptors (Lipinski definition) is 2. The maximum absolute atomic E-state index is 13.6. The molecule has 2 rings (SSSR count). The van der Waals surface area contributed by atoms with Crippen LogP contribution in [0, 0.1) is 12.7 Å². The first-order chi connectivity index (χ1) is 9.88. The zero-order valence-electron chi connectivity index (χ0n) is 11.0. The first kappa shape index (κ1) is 15.0. The molecule has 0 saturated carbocycles. The van der Waals surface area contributed by atoms with Crippen molar-refractivity contribution < 1.29 is 19.1 Å². The fourth-order valence-corrected chi connectivity index (χ4v) is 1.98. The SMILES string of the molecule is Cc1ccc(F)c(C(=O)Nc2ccc(Cl)c(C(=O)O)c2)c1. The van der Waals surface area contributed by atoms with Crippen LogP contribution in [0.5, 0.6) is 0 Å². The van der Waals surface area contributed by atoms with E-state index in [0.29, 0.717) is 0 Å². The van der Waals surface area contributed by atoms with Gasteiger partial charge in [-0.25, -0.2) is 9.18 Å². The number of hydrogen-bond donors (Lipinski definition) is 2. The maximum Gasteiger partial charge on any atom is 0.337 e. The van der Waals surface area contributed by atoms with Gasteiger partial charge in [0.15, 0.2) is 0 Å². The Bertz CT molecular complexity index is 731. The van der Waals surface area contributed by atoms with Crippen LogP contribution in [0.4, 0.5) is 10.1 Å². The number of benzene rings is 2. The van der Waals surface area contributed by atoms with Gasteiger partial charge in [0.2, 0.25) is 0 Å². The van der Waals surface area contributed by atoms with Gasteiger partial charge in [-0.3, -0.25) is 4.79 Å². The van der Waals surface area contributed by atoms with Crippen molar-refractivity contribution in [3.8, 4) is 0 Å². The number of carbonyl (C=O) groups excluding carboxylic acids is 1. The number of anilines is 1. The van der Waals surface area contributed by atoms with Crippen LogP contribution in [0.15, 0.2) is 36.4 Å². The fourth-order valence-electron chi connectivity index (χ4n) is 1.78. The second-order valence-corrected chi connectivity index (χ2v) is 4.84. The van der Waals surface area contributed by atoms with E-state index in [0.717, 1.165) is 5.56 Å². The van der Waals surface area contributed by atoms with Crippen molar-refractivity contribution in [3.05, 3.63) is 63.9 Å². The highest BCUT2D eigenvalue weighted by atomic mass is 35.5. The van der Waals surface area contributed by atoms with Gasteiger partial charge in [-0.05, 0) is 37.3 Å². The topological polar surface area (TPSA) is 66.4 Å². The van der Waals surface area contributed by atoms with Crippen LogP contribution in [0.1, 0.15) is 26.3 Å². The van der Waals surface area contributed by atoms with E-state index in [1.54, 1.807) is 13.0 Å². The zero-order chi connectivity index (χ0) is 15.6. The zero-order valence-corrected chi connectivity index (χ0v) is 11.7. The molecule has 0 aromatic heterocycles. The molecular weight excluding hydrogens is 297 g/mol. The molecule has 0 aliphatic rings. The smallest absolute Gasteiger partial charge is 0.337 e. The molecular formula is C15H11ClFNO3. The number of halogens is 2. The van der Waals surface area contributed by atoms with Crippen LogP contribution in [-0.2, 0) is 0 Å². The summed E-state index contributed by atoms with van der Waals surface area (Å²) in [4.78, 5) is 23.0. The van der Waals surface area contributed by atoms with Gasteiger partial charge in [-0.15, -0.1) is 0 Å². The Labute approximate surface area is 125 Å². The number of rotatable bonds is 3. The number of carboxylic acid groups (broad SMARTS) is 1. The molecule has 2 aromatic carbocycles. The van der Waals surface area contributed by atoms with Crippen molar-refractivity contribution in [2.75, 3.05) is 5.32 Å². The van der Waals surface area contributed by atoms with Gasteiger partial charge in [0.1, 0.15) is 5.82 Å². The predicted octanol–water partition coefficient (Wildman–Crippen LogP) is 3.74. The van der Waals surface area contributed by atoms with Crippen LogP contribution in [0.2, 0.25) is 5.02 Å². The maximum atomic E-state index is 13.6. The Morgan fingerprint density at radius 3 is 2.52 bits per heavy atom. The monoisotopic (exact) mass is 307 g/mol. The summed E-state index contributed by atoms with van der Waals surface area (Å²) >= 11 is 5.74. The van der Waals surface area contributed by atoms with Gasteiger partial charge in [-0.2, -0.15) is 0 Å². The molecule has 0 radical (unpaired) electrons. The number of aromatic carboxylic acids is 1. The van der Waals surface area contributed by atoms with Crippen LogP contribution < -0.4 is 5.32 Å². The minimum atomic E-state index is -1.21. The predicted molar refractivity (Wildman–Crippen MR) is 77.5 cm³/mol. The molecule has 21 heavy (non-hydrogen) atoms. The van der Waals surface area contributed by atoms with Crippen molar-refractivity contribution in [1.29, 1.82) is 0 Å². The van der Waals surface area contributed by atoms with Crippen LogP contribution in [0.3, 0.4) is 0 Å². The van der Waals surface area contributed by atoms with Crippen molar-refractivity contribution in [1.82, 2.24) is 0 Å². The summed E-state index contributed by atoms with van der Waals surface area (Å²) in [6, 6.07) is 8.19. The van der Waals surface area contributed by atoms with E-state index in [1.807, 2.05) is 0 Å². The van der Waals surface area contributed by atoms with E-state index >= 15 is 0 Å². The highest BCUT2D eigenvalue weighted by molar-refractivity contribution is 6.33. The third-order valence-corrected chi connectivity index (χ3v) is 3.15. The van der Waals surface area contributed by atoms with E-state index in [9.17, 15) is 14.0 Å². The average molecular weight is 308 g/mol. The molecule has 0 aliphatic carbocycles. The first-order valence-corrected chi connectivity index (χ1v) is 6.36. The summed E-state index contributed by atoms with van der Waals surface area (Å²) in [7, 11) is 0. The summed E-state index contributed by atoms with van der Waals surface area (Å²) in [5.41, 5.74) is 0.715. The van der Waals surface area contributed by atoms with Crippen molar-refractivity contribution in [2.24, 2.45) is 0 Å². The molecule has 0 spiro atoms. The molecule has 0 aliphatic heterocycles. The Kier molecular flexibility index (Phi) is 4.23. The summed E-state index contributed by atoms with van der Waals surface area (Å²) < 4.78 is 13.6. The third kappa shape index (κ3) is 3.38. The molecule has 0 heterocycles. The average Bonchev–Trinajstić information content (AvgIpc) is 2.43. The molecule has 108 valence electrons. The largest absolute Gasteiger partial charge is 0.478 e. The highest BCUT2D eigenvalue weighted by Crippen LogP contribution is 2.21. The van der Waals surface area contributed by atoms with Crippen molar-refractivity contribution in [2.45, 2.75) is 6.92 Å². The van der Waals surface area contributed by atoms with Crippen molar-refractivity contribution in [3.63, 3.8) is 0 Å². The van der Waals surface area contributed by atoms with E-state index < -0.39 is 17.7 Å². The molecule has 2 aromatic rings. The third-order valence-electron chi connectivity index (χ3n) is 2.82. The number of carbonyl (C=O) groups is 2. The van der Waals surface area contributed by atoms with Crippen molar-refractivity contribution >= 4 is 29.2 Å².